The highest BCUT2D eigenvalue weighted by Gasteiger charge is 2.48. The smallest absolute Gasteiger partial charge is 0.340 e. The molecule has 0 unspecified atom stereocenters. The van der Waals surface area contributed by atoms with E-state index in [0.29, 0.717) is 17.0 Å². The first kappa shape index (κ1) is 20.3. The first-order chi connectivity index (χ1) is 14.5. The van der Waals surface area contributed by atoms with Crippen LogP contribution in [0, 0.1) is 23.7 Å². The van der Waals surface area contributed by atoms with Gasteiger partial charge in [0.1, 0.15) is 5.00 Å². The minimum absolute atomic E-state index is 0.0959. The molecule has 1 aromatic heterocycles. The highest BCUT2D eigenvalue weighted by Crippen LogP contribution is 2.45. The Kier molecular flexibility index (Phi) is 5.72. The van der Waals surface area contributed by atoms with Crippen LogP contribution in [0.2, 0.25) is 0 Å². The molecule has 2 aromatic rings. The van der Waals surface area contributed by atoms with Crippen molar-refractivity contribution in [1.82, 2.24) is 0 Å². The monoisotopic (exact) mass is 425 g/mol. The Hall–Kier alpha value is -2.93. The van der Waals surface area contributed by atoms with Crippen molar-refractivity contribution < 1.29 is 24.2 Å². The Morgan fingerprint density at radius 3 is 2.37 bits per heavy atom. The van der Waals surface area contributed by atoms with Gasteiger partial charge in [0.05, 0.1) is 24.5 Å². The van der Waals surface area contributed by atoms with E-state index in [-0.39, 0.29) is 17.7 Å². The summed E-state index contributed by atoms with van der Waals surface area (Å²) in [7, 11) is 1.30. The van der Waals surface area contributed by atoms with E-state index in [9.17, 15) is 19.5 Å². The first-order valence-corrected chi connectivity index (χ1v) is 10.8. The molecule has 2 bridgehead atoms. The number of hydrogen-bond acceptors (Lipinski definition) is 5. The van der Waals surface area contributed by atoms with Crippen LogP contribution in [0.1, 0.15) is 33.6 Å². The second-order valence-corrected chi connectivity index (χ2v) is 8.92. The summed E-state index contributed by atoms with van der Waals surface area (Å²) in [6.45, 7) is 0. The van der Waals surface area contributed by atoms with Crippen LogP contribution in [0.4, 0.5) is 5.00 Å². The van der Waals surface area contributed by atoms with Gasteiger partial charge in [-0.1, -0.05) is 42.5 Å². The van der Waals surface area contributed by atoms with Gasteiger partial charge < -0.3 is 15.2 Å². The Bertz CT molecular complexity index is 996. The van der Waals surface area contributed by atoms with E-state index in [1.807, 2.05) is 42.5 Å². The number of esters is 1. The summed E-state index contributed by atoms with van der Waals surface area (Å²) in [5.41, 5.74) is 1.39. The van der Waals surface area contributed by atoms with E-state index < -0.39 is 23.8 Å². The molecule has 7 heteroatoms. The average Bonchev–Trinajstić information content (AvgIpc) is 3.15. The van der Waals surface area contributed by atoms with Gasteiger partial charge in [0.25, 0.3) is 0 Å². The highest BCUT2D eigenvalue weighted by atomic mass is 32.1. The lowest BCUT2D eigenvalue weighted by Gasteiger charge is -2.41. The SMILES string of the molecule is COC(=O)c1cc(Cc2ccccc2)sc1NC(=O)[C@H]1[C@@H](C(=O)O)[C@H]2C=C[C@@H]1CC2. The summed E-state index contributed by atoms with van der Waals surface area (Å²) < 4.78 is 4.89. The van der Waals surface area contributed by atoms with E-state index >= 15 is 0 Å². The van der Waals surface area contributed by atoms with E-state index in [1.165, 1.54) is 18.4 Å². The van der Waals surface area contributed by atoms with E-state index in [0.717, 1.165) is 23.3 Å². The van der Waals surface area contributed by atoms with Crippen LogP contribution >= 0.6 is 11.3 Å². The van der Waals surface area contributed by atoms with Gasteiger partial charge in [-0.3, -0.25) is 9.59 Å². The number of fused-ring (bicyclic) bond motifs is 2. The van der Waals surface area contributed by atoms with E-state index in [2.05, 4.69) is 5.32 Å². The number of anilines is 1. The zero-order chi connectivity index (χ0) is 21.3. The average molecular weight is 426 g/mol. The fourth-order valence-corrected chi connectivity index (χ4v) is 5.65. The van der Waals surface area contributed by atoms with Crippen LogP contribution in [0.15, 0.2) is 48.6 Å². The summed E-state index contributed by atoms with van der Waals surface area (Å²) in [6, 6.07) is 11.6. The molecule has 1 heterocycles. The molecule has 0 spiro atoms. The Morgan fingerprint density at radius 1 is 1.10 bits per heavy atom. The molecule has 1 fully saturated rings. The highest BCUT2D eigenvalue weighted by molar-refractivity contribution is 7.16. The van der Waals surface area contributed by atoms with Gasteiger partial charge in [-0.05, 0) is 36.3 Å². The lowest BCUT2D eigenvalue weighted by atomic mass is 9.62. The molecule has 3 aliphatic carbocycles. The van der Waals surface area contributed by atoms with Crippen LogP contribution in [0.3, 0.4) is 0 Å². The van der Waals surface area contributed by atoms with Crippen molar-refractivity contribution in [2.45, 2.75) is 19.3 Å². The second-order valence-electron chi connectivity index (χ2n) is 7.78. The largest absolute Gasteiger partial charge is 0.481 e. The van der Waals surface area contributed by atoms with Crippen LogP contribution in [0.25, 0.3) is 0 Å². The Balaban J connectivity index is 1.60. The minimum atomic E-state index is -0.946. The fraction of sp³-hybridized carbons (Fsp3) is 0.348. The molecular formula is C23H23NO5S. The van der Waals surface area contributed by atoms with Crippen LogP contribution in [-0.2, 0) is 20.7 Å². The Labute approximate surface area is 178 Å². The van der Waals surface area contributed by atoms with Crippen molar-refractivity contribution in [2.75, 3.05) is 12.4 Å². The summed E-state index contributed by atoms with van der Waals surface area (Å²) in [5.74, 6) is -3.42. The summed E-state index contributed by atoms with van der Waals surface area (Å²) in [5, 5.41) is 13.0. The molecular weight excluding hydrogens is 402 g/mol. The molecule has 5 rings (SSSR count). The molecule has 0 saturated heterocycles. The second kappa shape index (κ2) is 8.44. The van der Waals surface area contributed by atoms with E-state index in [1.54, 1.807) is 6.07 Å². The molecule has 3 aliphatic rings. The molecule has 1 saturated carbocycles. The minimum Gasteiger partial charge on any atom is -0.481 e. The maximum Gasteiger partial charge on any atom is 0.340 e. The summed E-state index contributed by atoms with van der Waals surface area (Å²) in [6.07, 6.45) is 6.11. The van der Waals surface area contributed by atoms with E-state index in [4.69, 9.17) is 4.74 Å². The normalized spacial score (nSPS) is 24.4. The van der Waals surface area contributed by atoms with Crippen LogP contribution in [-0.4, -0.2) is 30.1 Å². The molecule has 0 aliphatic heterocycles. The maximum atomic E-state index is 13.1. The zero-order valence-electron chi connectivity index (χ0n) is 16.5. The topological polar surface area (TPSA) is 92.7 Å². The third kappa shape index (κ3) is 3.89. The summed E-state index contributed by atoms with van der Waals surface area (Å²) >= 11 is 1.32. The number of allylic oxidation sites excluding steroid dienone is 2. The van der Waals surface area contributed by atoms with Crippen LogP contribution in [0.5, 0.6) is 0 Å². The van der Waals surface area contributed by atoms with Gasteiger partial charge >= 0.3 is 11.9 Å². The first-order valence-electron chi connectivity index (χ1n) is 9.95. The number of carbonyl (C=O) groups is 3. The standard InChI is InChI=1S/C23H23NO5S/c1-29-23(28)17-12-16(11-13-5-3-2-4-6-13)30-21(17)24-20(25)18-14-7-9-15(10-8-14)19(18)22(26)27/h2-7,9,12,14-15,18-19H,8,10-11H2,1H3,(H,24,25)(H,26,27)/t14-,15+,18-,19+/m1/s1. The van der Waals surface area contributed by atoms with Gasteiger partial charge in [-0.25, -0.2) is 4.79 Å². The number of carboxylic acid groups (broad SMARTS) is 1. The lowest BCUT2D eigenvalue weighted by molar-refractivity contribution is -0.151. The number of aliphatic carboxylic acids is 1. The summed E-state index contributed by atoms with van der Waals surface area (Å²) in [4.78, 5) is 38.2. The van der Waals surface area contributed by atoms with Crippen molar-refractivity contribution in [1.29, 1.82) is 0 Å². The maximum absolute atomic E-state index is 13.1. The van der Waals surface area contributed by atoms with Crippen molar-refractivity contribution in [3.05, 3.63) is 64.6 Å². The number of ether oxygens (including phenoxy) is 1. The number of nitrogens with one attached hydrogen (secondary N) is 1. The van der Waals surface area contributed by atoms with Crippen molar-refractivity contribution >= 4 is 34.2 Å². The van der Waals surface area contributed by atoms with Gasteiger partial charge in [0.15, 0.2) is 0 Å². The van der Waals surface area contributed by atoms with Crippen molar-refractivity contribution in [3.8, 4) is 0 Å². The van der Waals surface area contributed by atoms with Gasteiger partial charge in [0, 0.05) is 11.3 Å². The van der Waals surface area contributed by atoms with Gasteiger partial charge in [-0.2, -0.15) is 0 Å². The third-order valence-corrected chi connectivity index (χ3v) is 7.03. The molecule has 1 amide bonds. The predicted octanol–water partition coefficient (Wildman–Crippen LogP) is 3.98. The molecule has 156 valence electrons. The number of amides is 1. The molecule has 30 heavy (non-hydrogen) atoms. The van der Waals surface area contributed by atoms with Crippen molar-refractivity contribution in [2.24, 2.45) is 23.7 Å². The quantitative estimate of drug-likeness (QED) is 0.540. The third-order valence-electron chi connectivity index (χ3n) is 5.98. The fourth-order valence-electron chi connectivity index (χ4n) is 4.56. The number of hydrogen-bond donors (Lipinski definition) is 2. The number of benzene rings is 1. The Morgan fingerprint density at radius 2 is 1.77 bits per heavy atom. The van der Waals surface area contributed by atoms with Crippen LogP contribution < -0.4 is 5.32 Å². The predicted molar refractivity (Wildman–Crippen MR) is 114 cm³/mol. The van der Waals surface area contributed by atoms with Crippen molar-refractivity contribution in [3.63, 3.8) is 0 Å². The lowest BCUT2D eigenvalue weighted by Crippen LogP contribution is -2.47. The molecule has 4 atom stereocenters. The zero-order valence-corrected chi connectivity index (χ0v) is 17.4. The van der Waals surface area contributed by atoms with Gasteiger partial charge in [0.2, 0.25) is 5.91 Å². The molecule has 6 nitrogen and oxygen atoms in total. The molecule has 1 aromatic carbocycles. The number of thiophene rings is 1. The number of carbonyl (C=O) groups excluding carboxylic acids is 2. The number of rotatable bonds is 6. The molecule has 0 radical (unpaired) electrons. The number of carboxylic acids is 1. The van der Waals surface area contributed by atoms with Gasteiger partial charge in [-0.15, -0.1) is 11.3 Å². The number of methoxy groups -OCH3 is 1. The molecule has 2 N–H and O–H groups in total.